The van der Waals surface area contributed by atoms with E-state index in [9.17, 15) is 19.4 Å². The normalized spacial score (nSPS) is 30.9. The molecule has 4 rings (SSSR count). The van der Waals surface area contributed by atoms with E-state index >= 15 is 0 Å². The van der Waals surface area contributed by atoms with Crippen LogP contribution in [0.25, 0.3) is 0 Å². The predicted octanol–water partition coefficient (Wildman–Crippen LogP) is 0.228. The lowest BCUT2D eigenvalue weighted by molar-refractivity contribution is -0.0161. The van der Waals surface area contributed by atoms with E-state index in [1.165, 1.54) is 0 Å². The standard InChI is InChI=1S/C13H17N9O5S/c14-20-17-12-16-9-8(10(23)22(12)15)28-13(24)21(9)11-5(18-25)3-6(27-11)7(19-26)4-1-2-4/h4-7,11-12,16H,1-3,15H2,(H2,14,17)/t5-,6+,7?,11-,12?/m1/s1. The number of aromatic nitrogens is 1. The Balaban J connectivity index is 1.70. The van der Waals surface area contributed by atoms with Gasteiger partial charge in [0.15, 0.2) is 6.23 Å². The number of hydrogen-bond donors (Lipinski definition) is 3. The molecular weight excluding hydrogens is 394 g/mol. The highest BCUT2D eigenvalue weighted by Gasteiger charge is 2.49. The zero-order valence-corrected chi connectivity index (χ0v) is 15.2. The number of ether oxygens (including phenoxy) is 1. The van der Waals surface area contributed by atoms with Crippen LogP contribution in [0.4, 0.5) is 5.82 Å². The quantitative estimate of drug-likeness (QED) is 0.194. The minimum absolute atomic E-state index is 0.0277. The third kappa shape index (κ3) is 2.87. The topological polar surface area (TPSA) is 199 Å². The van der Waals surface area contributed by atoms with Crippen molar-refractivity contribution in [3.05, 3.63) is 24.4 Å². The predicted molar refractivity (Wildman–Crippen MR) is 95.8 cm³/mol. The first-order chi connectivity index (χ1) is 13.5. The van der Waals surface area contributed by atoms with E-state index in [0.717, 1.165) is 22.4 Å². The summed E-state index contributed by atoms with van der Waals surface area (Å²) in [7, 11) is 0. The average Bonchev–Trinajstić information content (AvgIpc) is 3.34. The van der Waals surface area contributed by atoms with Gasteiger partial charge in [-0.15, -0.1) is 5.11 Å². The van der Waals surface area contributed by atoms with Crippen molar-refractivity contribution in [1.29, 1.82) is 0 Å². The van der Waals surface area contributed by atoms with E-state index in [1.54, 1.807) is 0 Å². The molecule has 2 aliphatic heterocycles. The number of rotatable bonds is 6. The Hall–Kier alpha value is -2.78. The van der Waals surface area contributed by atoms with Crippen LogP contribution >= 0.6 is 11.3 Å². The van der Waals surface area contributed by atoms with Crippen LogP contribution in [0.1, 0.15) is 35.2 Å². The fourth-order valence-corrected chi connectivity index (χ4v) is 4.50. The lowest BCUT2D eigenvalue weighted by Gasteiger charge is -2.30. The molecule has 1 saturated heterocycles. The third-order valence-electron chi connectivity index (χ3n) is 5.09. The summed E-state index contributed by atoms with van der Waals surface area (Å²) < 4.78 is 7.00. The molecule has 2 unspecified atom stereocenters. The number of nitrogens with one attached hydrogen (secondary N) is 1. The molecule has 1 aromatic rings. The maximum absolute atomic E-state index is 12.6. The molecular formula is C13H17N9O5S. The molecule has 5 atom stereocenters. The molecule has 150 valence electrons. The van der Waals surface area contributed by atoms with E-state index in [2.05, 4.69) is 26.0 Å². The second-order valence-corrected chi connectivity index (χ2v) is 7.75. The molecule has 15 heteroatoms. The number of nitrogens with zero attached hydrogens (tertiary/aromatic N) is 6. The Bertz CT molecular complexity index is 895. The number of nitroso groups, excluding NO2 is 2. The van der Waals surface area contributed by atoms with Crippen molar-refractivity contribution in [3.8, 4) is 0 Å². The minimum atomic E-state index is -1.14. The number of hydrogen-bond acceptors (Lipinski definition) is 12. The highest BCUT2D eigenvalue weighted by atomic mass is 32.1. The molecule has 1 saturated carbocycles. The molecule has 2 fully saturated rings. The first-order valence-corrected chi connectivity index (χ1v) is 9.32. The van der Waals surface area contributed by atoms with E-state index in [-0.39, 0.29) is 23.0 Å². The number of fused-ring (bicyclic) bond motifs is 1. The third-order valence-corrected chi connectivity index (χ3v) is 6.03. The molecule has 28 heavy (non-hydrogen) atoms. The summed E-state index contributed by atoms with van der Waals surface area (Å²) in [5.41, 5.74) is 0. The van der Waals surface area contributed by atoms with E-state index in [4.69, 9.17) is 16.4 Å². The van der Waals surface area contributed by atoms with Crippen molar-refractivity contribution in [3.63, 3.8) is 0 Å². The highest BCUT2D eigenvalue weighted by Crippen LogP contribution is 2.43. The highest BCUT2D eigenvalue weighted by molar-refractivity contribution is 7.12. The lowest BCUT2D eigenvalue weighted by Crippen LogP contribution is -2.52. The fourth-order valence-electron chi connectivity index (χ4n) is 3.59. The first kappa shape index (κ1) is 18.6. The van der Waals surface area contributed by atoms with Crippen molar-refractivity contribution >= 4 is 23.1 Å². The summed E-state index contributed by atoms with van der Waals surface area (Å²) in [5.74, 6) is 10.2. The average molecular weight is 411 g/mol. The van der Waals surface area contributed by atoms with Crippen LogP contribution in [0.5, 0.6) is 0 Å². The number of hydrazine groups is 1. The van der Waals surface area contributed by atoms with Crippen molar-refractivity contribution in [2.24, 2.45) is 38.3 Å². The smallest absolute Gasteiger partial charge is 0.311 e. The summed E-state index contributed by atoms with van der Waals surface area (Å²) in [5, 5.41) is 16.5. The van der Waals surface area contributed by atoms with E-state index in [0.29, 0.717) is 11.3 Å². The van der Waals surface area contributed by atoms with Gasteiger partial charge in [0.25, 0.3) is 5.91 Å². The van der Waals surface area contributed by atoms with Crippen molar-refractivity contribution < 1.29 is 9.53 Å². The van der Waals surface area contributed by atoms with Gasteiger partial charge in [-0.1, -0.05) is 26.9 Å². The minimum Gasteiger partial charge on any atom is -0.350 e. The number of nitrogens with two attached hydrogens (primary N) is 2. The number of thiazole rings is 1. The van der Waals surface area contributed by atoms with Gasteiger partial charge in [0.1, 0.15) is 22.8 Å². The van der Waals surface area contributed by atoms with Gasteiger partial charge in [-0.3, -0.25) is 14.2 Å². The van der Waals surface area contributed by atoms with E-state index < -0.39 is 41.5 Å². The number of amides is 1. The Morgan fingerprint density at radius 1 is 1.29 bits per heavy atom. The molecule has 1 aliphatic carbocycles. The molecule has 1 amide bonds. The molecule has 0 spiro atoms. The number of carbonyl (C=O) groups excluding carboxylic acids is 1. The fraction of sp³-hybridized carbons (Fsp3) is 0.692. The molecule has 3 aliphatic rings. The van der Waals surface area contributed by atoms with Gasteiger partial charge < -0.3 is 15.9 Å². The van der Waals surface area contributed by atoms with Gasteiger partial charge in [0, 0.05) is 6.42 Å². The monoisotopic (exact) mass is 411 g/mol. The summed E-state index contributed by atoms with van der Waals surface area (Å²) in [6, 6.07) is -1.53. The van der Waals surface area contributed by atoms with Crippen LogP contribution < -0.4 is 21.9 Å². The SMILES string of the molecule is NN=NC1Nc2c(sc(=O)n2[C@@H]2O[C@H](C(N=O)C3CC3)C[C@H]2N=O)C(=O)N1N. The molecule has 1 aromatic heterocycles. The van der Waals surface area contributed by atoms with Crippen molar-refractivity contribution in [2.75, 3.05) is 5.32 Å². The maximum Gasteiger partial charge on any atom is 0.311 e. The van der Waals surface area contributed by atoms with E-state index in [1.807, 2.05) is 0 Å². The molecule has 5 N–H and O–H groups in total. The van der Waals surface area contributed by atoms with Gasteiger partial charge >= 0.3 is 4.87 Å². The number of carbonyl (C=O) groups is 1. The molecule has 3 heterocycles. The second kappa shape index (κ2) is 6.99. The van der Waals surface area contributed by atoms with Crippen LogP contribution in [0.3, 0.4) is 0 Å². The Labute approximate surface area is 160 Å². The van der Waals surface area contributed by atoms with Crippen LogP contribution in [-0.2, 0) is 4.74 Å². The Morgan fingerprint density at radius 2 is 2.04 bits per heavy atom. The molecule has 0 radical (unpaired) electrons. The lowest BCUT2D eigenvalue weighted by atomic mass is 10.0. The van der Waals surface area contributed by atoms with Gasteiger partial charge in [-0.05, 0) is 18.8 Å². The van der Waals surface area contributed by atoms with Crippen molar-refractivity contribution in [2.45, 2.75) is 50.0 Å². The van der Waals surface area contributed by atoms with Gasteiger partial charge in [0.2, 0.25) is 6.29 Å². The van der Waals surface area contributed by atoms with Crippen LogP contribution in [0.2, 0.25) is 0 Å². The molecule has 0 bridgehead atoms. The van der Waals surface area contributed by atoms with Crippen molar-refractivity contribution in [1.82, 2.24) is 9.58 Å². The summed E-state index contributed by atoms with van der Waals surface area (Å²) in [4.78, 5) is 47.2. The largest absolute Gasteiger partial charge is 0.350 e. The van der Waals surface area contributed by atoms with Crippen LogP contribution in [-0.4, -0.2) is 40.0 Å². The van der Waals surface area contributed by atoms with Crippen LogP contribution in [0.15, 0.2) is 25.5 Å². The first-order valence-electron chi connectivity index (χ1n) is 8.50. The summed E-state index contributed by atoms with van der Waals surface area (Å²) >= 11 is 0.643. The second-order valence-electron chi connectivity index (χ2n) is 6.78. The Kier molecular flexibility index (Phi) is 4.64. The molecule has 0 aromatic carbocycles. The van der Waals surface area contributed by atoms with Gasteiger partial charge in [-0.25, -0.2) is 10.9 Å². The van der Waals surface area contributed by atoms with Gasteiger partial charge in [0.05, 0.1) is 6.10 Å². The van der Waals surface area contributed by atoms with Crippen LogP contribution in [0, 0.1) is 15.7 Å². The summed E-state index contributed by atoms with van der Waals surface area (Å²) in [6.45, 7) is 0. The maximum atomic E-state index is 12.6. The Morgan fingerprint density at radius 3 is 2.64 bits per heavy atom. The zero-order chi connectivity index (χ0) is 20.0. The zero-order valence-electron chi connectivity index (χ0n) is 14.4. The summed E-state index contributed by atoms with van der Waals surface area (Å²) in [6.07, 6.45) is -0.977. The number of anilines is 1. The molecule has 14 nitrogen and oxygen atoms in total. The van der Waals surface area contributed by atoms with Gasteiger partial charge in [-0.2, -0.15) is 9.81 Å².